The molecule has 1 saturated heterocycles. The smallest absolute Gasteiger partial charge is 0.337 e. The predicted octanol–water partition coefficient (Wildman–Crippen LogP) is 2.70. The van der Waals surface area contributed by atoms with E-state index in [1.54, 1.807) is 24.3 Å². The van der Waals surface area contributed by atoms with Gasteiger partial charge in [-0.15, -0.1) is 0 Å². The molecule has 0 aliphatic carbocycles. The Balaban J connectivity index is 1.81. The van der Waals surface area contributed by atoms with Gasteiger partial charge in [-0.25, -0.2) is 4.79 Å². The van der Waals surface area contributed by atoms with Gasteiger partial charge in [0.25, 0.3) is 5.91 Å². The van der Waals surface area contributed by atoms with Crippen LogP contribution in [0.5, 0.6) is 0 Å². The van der Waals surface area contributed by atoms with Crippen molar-refractivity contribution in [2.24, 2.45) is 0 Å². The molecule has 0 radical (unpaired) electrons. The molecule has 0 spiro atoms. The van der Waals surface area contributed by atoms with Gasteiger partial charge in [-0.2, -0.15) is 0 Å². The molecule has 0 bridgehead atoms. The number of carboxylic acids is 1. The Labute approximate surface area is 153 Å². The first kappa shape index (κ1) is 17.9. The molecule has 1 fully saturated rings. The molecule has 136 valence electrons. The molecular formula is C20H23N3O3. The van der Waals surface area contributed by atoms with E-state index in [4.69, 9.17) is 0 Å². The van der Waals surface area contributed by atoms with Gasteiger partial charge in [-0.1, -0.05) is 17.7 Å². The highest BCUT2D eigenvalue weighted by atomic mass is 16.4. The van der Waals surface area contributed by atoms with Crippen molar-refractivity contribution < 1.29 is 14.7 Å². The van der Waals surface area contributed by atoms with Crippen LogP contribution >= 0.6 is 0 Å². The van der Waals surface area contributed by atoms with E-state index in [9.17, 15) is 14.7 Å². The van der Waals surface area contributed by atoms with E-state index in [1.807, 2.05) is 25.1 Å². The lowest BCUT2D eigenvalue weighted by molar-refractivity contribution is 0.0698. The Morgan fingerprint density at radius 3 is 2.27 bits per heavy atom. The van der Waals surface area contributed by atoms with Crippen molar-refractivity contribution in [1.82, 2.24) is 4.90 Å². The average molecular weight is 353 g/mol. The van der Waals surface area contributed by atoms with Crippen molar-refractivity contribution in [1.29, 1.82) is 0 Å². The highest BCUT2D eigenvalue weighted by molar-refractivity contribution is 6.08. The molecule has 0 atom stereocenters. The second kappa shape index (κ2) is 7.58. The Kier molecular flexibility index (Phi) is 5.23. The second-order valence-corrected chi connectivity index (χ2v) is 6.65. The van der Waals surface area contributed by atoms with E-state index in [0.29, 0.717) is 11.3 Å². The third kappa shape index (κ3) is 4.03. The van der Waals surface area contributed by atoms with Gasteiger partial charge < -0.3 is 20.2 Å². The minimum atomic E-state index is -1.06. The predicted molar refractivity (Wildman–Crippen MR) is 102 cm³/mol. The van der Waals surface area contributed by atoms with Crippen LogP contribution in [0.2, 0.25) is 0 Å². The molecule has 1 aliphatic rings. The minimum absolute atomic E-state index is 0.0990. The fraction of sp³-hybridized carbons (Fsp3) is 0.300. The molecule has 0 aromatic heterocycles. The van der Waals surface area contributed by atoms with Crippen LogP contribution in [0.3, 0.4) is 0 Å². The number of hydrogen-bond donors (Lipinski definition) is 2. The Bertz CT molecular complexity index is 810. The lowest BCUT2D eigenvalue weighted by Crippen LogP contribution is -2.44. The fourth-order valence-electron chi connectivity index (χ4n) is 2.98. The summed E-state index contributed by atoms with van der Waals surface area (Å²) in [6, 6.07) is 12.3. The lowest BCUT2D eigenvalue weighted by atomic mass is 10.1. The summed E-state index contributed by atoms with van der Waals surface area (Å²) in [5.41, 5.74) is 2.83. The first-order valence-electron chi connectivity index (χ1n) is 8.63. The van der Waals surface area contributed by atoms with E-state index >= 15 is 0 Å². The first-order chi connectivity index (χ1) is 12.4. The molecule has 0 saturated carbocycles. The van der Waals surface area contributed by atoms with Crippen LogP contribution in [0.1, 0.15) is 26.3 Å². The molecule has 3 rings (SSSR count). The number of carbonyl (C=O) groups is 2. The standard InChI is InChI=1S/C20H23N3O3/c1-14-3-5-15(6-4-14)19(24)21-18-8-7-16(13-17(18)20(25)26)23-11-9-22(2)10-12-23/h3-8,13H,9-12H2,1-2H3,(H,21,24)(H,25,26). The van der Waals surface area contributed by atoms with E-state index in [1.165, 1.54) is 0 Å². The van der Waals surface area contributed by atoms with Gasteiger partial charge in [0.05, 0.1) is 11.3 Å². The molecule has 1 amide bonds. The summed E-state index contributed by atoms with van der Waals surface area (Å²) in [7, 11) is 2.07. The van der Waals surface area contributed by atoms with Crippen molar-refractivity contribution in [2.75, 3.05) is 43.4 Å². The third-order valence-corrected chi connectivity index (χ3v) is 4.66. The molecule has 2 aromatic carbocycles. The normalized spacial score (nSPS) is 14.9. The zero-order chi connectivity index (χ0) is 18.7. The van der Waals surface area contributed by atoms with Gasteiger partial charge in [-0.3, -0.25) is 4.79 Å². The maximum atomic E-state index is 12.4. The molecule has 26 heavy (non-hydrogen) atoms. The van der Waals surface area contributed by atoms with Crippen LogP contribution < -0.4 is 10.2 Å². The van der Waals surface area contributed by atoms with Crippen LogP contribution in [0.4, 0.5) is 11.4 Å². The molecular weight excluding hydrogens is 330 g/mol. The number of likely N-dealkylation sites (N-methyl/N-ethyl adjacent to an activating group) is 1. The fourth-order valence-corrected chi connectivity index (χ4v) is 2.98. The van der Waals surface area contributed by atoms with Crippen molar-refractivity contribution in [3.8, 4) is 0 Å². The van der Waals surface area contributed by atoms with E-state index in [2.05, 4.69) is 22.2 Å². The Morgan fingerprint density at radius 2 is 1.65 bits per heavy atom. The summed E-state index contributed by atoms with van der Waals surface area (Å²) >= 11 is 0. The summed E-state index contributed by atoms with van der Waals surface area (Å²) in [5.74, 6) is -1.37. The van der Waals surface area contributed by atoms with Crippen LogP contribution in [0, 0.1) is 6.92 Å². The average Bonchev–Trinajstić information content (AvgIpc) is 2.63. The number of amides is 1. The summed E-state index contributed by atoms with van der Waals surface area (Å²) in [5, 5.41) is 12.3. The zero-order valence-corrected chi connectivity index (χ0v) is 15.0. The van der Waals surface area contributed by atoms with Crippen LogP contribution in [-0.4, -0.2) is 55.1 Å². The summed E-state index contributed by atoms with van der Waals surface area (Å²) in [6.45, 7) is 5.53. The van der Waals surface area contributed by atoms with Gasteiger partial charge in [0.2, 0.25) is 0 Å². The van der Waals surface area contributed by atoms with Gasteiger partial charge >= 0.3 is 5.97 Å². The van der Waals surface area contributed by atoms with Gasteiger partial charge in [-0.05, 0) is 44.3 Å². The van der Waals surface area contributed by atoms with Crippen molar-refractivity contribution >= 4 is 23.3 Å². The number of piperazine rings is 1. The summed E-state index contributed by atoms with van der Waals surface area (Å²) < 4.78 is 0. The molecule has 6 heteroatoms. The number of aryl methyl sites for hydroxylation is 1. The maximum absolute atomic E-state index is 12.4. The summed E-state index contributed by atoms with van der Waals surface area (Å²) in [4.78, 5) is 28.5. The van der Waals surface area contributed by atoms with Gasteiger partial charge in [0.1, 0.15) is 0 Å². The molecule has 2 N–H and O–H groups in total. The number of carbonyl (C=O) groups excluding carboxylic acids is 1. The number of rotatable bonds is 4. The zero-order valence-electron chi connectivity index (χ0n) is 15.0. The number of benzene rings is 2. The molecule has 1 aliphatic heterocycles. The first-order valence-corrected chi connectivity index (χ1v) is 8.63. The number of nitrogens with one attached hydrogen (secondary N) is 1. The number of carboxylic acid groups (broad SMARTS) is 1. The quantitative estimate of drug-likeness (QED) is 0.884. The molecule has 2 aromatic rings. The highest BCUT2D eigenvalue weighted by Crippen LogP contribution is 2.25. The van der Waals surface area contributed by atoms with E-state index in [0.717, 1.165) is 37.4 Å². The third-order valence-electron chi connectivity index (χ3n) is 4.66. The SMILES string of the molecule is Cc1ccc(C(=O)Nc2ccc(N3CCN(C)CC3)cc2C(=O)O)cc1. The Hall–Kier alpha value is -2.86. The van der Waals surface area contributed by atoms with Crippen molar-refractivity contribution in [2.45, 2.75) is 6.92 Å². The topological polar surface area (TPSA) is 72.9 Å². The van der Waals surface area contributed by atoms with Gasteiger partial charge in [0, 0.05) is 37.4 Å². The van der Waals surface area contributed by atoms with Gasteiger partial charge in [0.15, 0.2) is 0 Å². The number of anilines is 2. The molecule has 0 unspecified atom stereocenters. The highest BCUT2D eigenvalue weighted by Gasteiger charge is 2.19. The minimum Gasteiger partial charge on any atom is -0.478 e. The largest absolute Gasteiger partial charge is 0.478 e. The Morgan fingerprint density at radius 1 is 1.00 bits per heavy atom. The summed E-state index contributed by atoms with van der Waals surface area (Å²) in [6.07, 6.45) is 0. The lowest BCUT2D eigenvalue weighted by Gasteiger charge is -2.34. The maximum Gasteiger partial charge on any atom is 0.337 e. The monoisotopic (exact) mass is 353 g/mol. The molecule has 6 nitrogen and oxygen atoms in total. The van der Waals surface area contributed by atoms with Crippen molar-refractivity contribution in [3.63, 3.8) is 0 Å². The van der Waals surface area contributed by atoms with Crippen molar-refractivity contribution in [3.05, 3.63) is 59.2 Å². The van der Waals surface area contributed by atoms with E-state index < -0.39 is 5.97 Å². The molecule has 1 heterocycles. The van der Waals surface area contributed by atoms with Crippen LogP contribution in [0.15, 0.2) is 42.5 Å². The number of nitrogens with zero attached hydrogens (tertiary/aromatic N) is 2. The second-order valence-electron chi connectivity index (χ2n) is 6.65. The van der Waals surface area contributed by atoms with Crippen LogP contribution in [-0.2, 0) is 0 Å². The number of hydrogen-bond acceptors (Lipinski definition) is 4. The van der Waals surface area contributed by atoms with E-state index in [-0.39, 0.29) is 11.5 Å². The number of aromatic carboxylic acids is 1. The van der Waals surface area contributed by atoms with Crippen LogP contribution in [0.25, 0.3) is 0 Å².